The molecule has 0 aliphatic carbocycles. The van der Waals surface area contributed by atoms with Gasteiger partial charge in [0.25, 0.3) is 11.8 Å². The second kappa shape index (κ2) is 24.0. The molecule has 1 aliphatic heterocycles. The van der Waals surface area contributed by atoms with E-state index in [1.807, 2.05) is 60.7 Å². The first-order valence-electron chi connectivity index (χ1n) is 24.9. The predicted molar refractivity (Wildman–Crippen MR) is 275 cm³/mol. The highest BCUT2D eigenvalue weighted by atomic mass is 32.2. The lowest BCUT2D eigenvalue weighted by Crippen LogP contribution is -2.30. The first kappa shape index (κ1) is 52.6. The first-order valence-corrected chi connectivity index (χ1v) is 25.9. The van der Waals surface area contributed by atoms with E-state index in [9.17, 15) is 19.2 Å². The maximum Gasteiger partial charge on any atom is 0.273 e. The van der Waals surface area contributed by atoms with Crippen LogP contribution >= 0.6 is 11.8 Å². The molecule has 9 aromatic rings. The van der Waals surface area contributed by atoms with Gasteiger partial charge < -0.3 is 51.9 Å². The Balaban J connectivity index is 0.915. The molecule has 0 fully saturated rings. The number of nitrogens with zero attached hydrogens (tertiary/aromatic N) is 9. The van der Waals surface area contributed by atoms with Gasteiger partial charge in [-0.15, -0.1) is 5.10 Å². The minimum atomic E-state index is -0.808. The van der Waals surface area contributed by atoms with Crippen molar-refractivity contribution in [1.29, 1.82) is 0 Å². The fourth-order valence-corrected chi connectivity index (χ4v) is 8.78. The number of oxazole rings is 6. The molecule has 12 bridgehead atoms. The summed E-state index contributed by atoms with van der Waals surface area (Å²) < 4.78 is 49.9. The van der Waals surface area contributed by atoms with Crippen LogP contribution in [-0.2, 0) is 51.5 Å². The number of thioether (sulfide) groups is 1. The zero-order chi connectivity index (χ0) is 54.1. The molecule has 3 amide bonds. The molecule has 3 N–H and O–H groups in total. The van der Waals surface area contributed by atoms with Gasteiger partial charge in [-0.2, -0.15) is 0 Å². The number of ether oxygens (including phenoxy) is 2. The van der Waals surface area contributed by atoms with E-state index in [1.165, 1.54) is 19.5 Å². The average molecular weight is 1080 g/mol. The van der Waals surface area contributed by atoms with Crippen molar-refractivity contribution in [2.75, 3.05) is 32.1 Å². The molecular formula is C53H52N12O12S. The molecule has 402 valence electrons. The van der Waals surface area contributed by atoms with Crippen molar-refractivity contribution in [2.24, 2.45) is 0 Å². The third kappa shape index (κ3) is 12.7. The van der Waals surface area contributed by atoms with Crippen molar-refractivity contribution in [2.45, 2.75) is 78.6 Å². The lowest BCUT2D eigenvalue weighted by molar-refractivity contribution is -0.119. The summed E-state index contributed by atoms with van der Waals surface area (Å²) >= 11 is 0.951. The molecule has 2 aromatic carbocycles. The van der Waals surface area contributed by atoms with Crippen LogP contribution in [0.4, 0.5) is 0 Å². The van der Waals surface area contributed by atoms with Crippen LogP contribution in [0.1, 0.15) is 98.0 Å². The number of aromatic nitrogens is 9. The van der Waals surface area contributed by atoms with Gasteiger partial charge in [-0.05, 0) is 38.3 Å². The number of carbonyl (C=O) groups excluding carboxylic acids is 4. The molecular weight excluding hydrogens is 1030 g/mol. The standard InChI is InChI=1S/C53H52N12O12S/c1-29-42-50-57-38(26-72-50)46(68)55-37(23-34-14-9-6-10-15-34)49-60-44(31(3)75-49)53-62-45(40(77-53)16-11-18-65-24-35(63-64-65)25-71-21-20-70-19-17-54-41(67)28-78-32(4)66)51-58-39(27-73-51)47(69)56-36(22-33-12-7-5-8-13-33)48-59-43(30(2)74-48)52(61-42)76-29/h5-10,12-15,24,26-27,36-37H,11,16-23,25,28H2,1-4H3,(H,54,67)(H,55,68)(H,56,69)/t36-,37-/m0/s1. The van der Waals surface area contributed by atoms with Crippen LogP contribution in [0.5, 0.6) is 0 Å². The Bertz CT molecular complexity index is 3540. The SMILES string of the molecule is CC(=O)SCC(=O)NCCOCCOCc1cn(CCCc2oc3nc2-c2nc(co2)C(=O)N[C@@H](Cc2ccccc2)c2nc(c(C)o2)-c2nc(c(C)o2)-c2nc(co2)C(=O)N[C@@H](Cc2ccccc2)c2nc-3c(C)o2)nn1. The Kier molecular flexibility index (Phi) is 16.2. The second-order valence-electron chi connectivity index (χ2n) is 18.0. The molecule has 0 saturated carbocycles. The van der Waals surface area contributed by atoms with Crippen LogP contribution in [0.15, 0.2) is 106 Å². The van der Waals surface area contributed by atoms with Crippen LogP contribution in [0.3, 0.4) is 0 Å². The third-order valence-corrected chi connectivity index (χ3v) is 13.0. The molecule has 2 atom stereocenters. The van der Waals surface area contributed by atoms with Gasteiger partial charge in [0.1, 0.15) is 53.3 Å². The summed E-state index contributed by atoms with van der Waals surface area (Å²) in [5, 5.41) is 17.2. The smallest absolute Gasteiger partial charge is 0.273 e. The largest absolute Gasteiger partial charge is 0.443 e. The molecule has 0 spiro atoms. The van der Waals surface area contributed by atoms with E-state index >= 15 is 0 Å². The van der Waals surface area contributed by atoms with Crippen molar-refractivity contribution in [1.82, 2.24) is 60.8 Å². The summed E-state index contributed by atoms with van der Waals surface area (Å²) in [5.74, 6) is 0.686. The van der Waals surface area contributed by atoms with Crippen LogP contribution < -0.4 is 16.0 Å². The number of hydrogen-bond donors (Lipinski definition) is 3. The minimum absolute atomic E-state index is 0.00351. The van der Waals surface area contributed by atoms with E-state index in [0.717, 1.165) is 22.9 Å². The van der Waals surface area contributed by atoms with Crippen molar-refractivity contribution in [3.05, 3.63) is 142 Å². The number of hydrogen-bond acceptors (Lipinski definition) is 21. The Labute approximate surface area is 448 Å². The summed E-state index contributed by atoms with van der Waals surface area (Å²) in [4.78, 5) is 79.4. The minimum Gasteiger partial charge on any atom is -0.443 e. The molecule has 1 aliphatic rings. The topological polar surface area (TPSA) is 310 Å². The maximum atomic E-state index is 14.2. The highest BCUT2D eigenvalue weighted by molar-refractivity contribution is 8.14. The molecule has 8 heterocycles. The van der Waals surface area contributed by atoms with Gasteiger partial charge >= 0.3 is 0 Å². The van der Waals surface area contributed by atoms with Crippen LogP contribution in [-0.4, -0.2) is 99.9 Å². The number of amides is 3. The number of nitrogens with one attached hydrogen (secondary N) is 3. The fraction of sp³-hybridized carbons (Fsp3) is 0.321. The monoisotopic (exact) mass is 1080 g/mol. The summed E-state index contributed by atoms with van der Waals surface area (Å²) in [5.41, 5.74) is 3.30. The van der Waals surface area contributed by atoms with E-state index in [1.54, 1.807) is 31.6 Å². The number of benzene rings is 2. The highest BCUT2D eigenvalue weighted by Gasteiger charge is 2.32. The molecule has 25 heteroatoms. The van der Waals surface area contributed by atoms with E-state index < -0.39 is 23.9 Å². The van der Waals surface area contributed by atoms with Gasteiger partial charge in [-0.3, -0.25) is 23.9 Å². The van der Waals surface area contributed by atoms with Gasteiger partial charge in [0.2, 0.25) is 41.3 Å². The summed E-state index contributed by atoms with van der Waals surface area (Å²) in [6.07, 6.45) is 5.61. The van der Waals surface area contributed by atoms with Gasteiger partial charge in [-0.25, -0.2) is 29.9 Å². The molecule has 10 rings (SSSR count). The lowest BCUT2D eigenvalue weighted by atomic mass is 10.1. The normalized spacial score (nSPS) is 14.5. The van der Waals surface area contributed by atoms with Crippen molar-refractivity contribution in [3.8, 4) is 46.3 Å². The molecule has 24 nitrogen and oxygen atoms in total. The summed E-state index contributed by atoms with van der Waals surface area (Å²) in [6.45, 7) is 8.34. The second-order valence-corrected chi connectivity index (χ2v) is 19.2. The number of aryl methyl sites for hydroxylation is 5. The quantitative estimate of drug-likeness (QED) is 0.0721. The maximum absolute atomic E-state index is 14.2. The fourth-order valence-electron chi connectivity index (χ4n) is 8.35. The average Bonchev–Trinajstić information content (AvgIpc) is 4.34. The molecule has 78 heavy (non-hydrogen) atoms. The Morgan fingerprint density at radius 1 is 0.667 bits per heavy atom. The van der Waals surface area contributed by atoms with Crippen molar-refractivity contribution < 1.29 is 55.2 Å². The number of carbonyl (C=O) groups is 4. The van der Waals surface area contributed by atoms with Crippen molar-refractivity contribution >= 4 is 34.6 Å². The molecule has 0 radical (unpaired) electrons. The molecule has 0 saturated heterocycles. The Morgan fingerprint density at radius 2 is 1.22 bits per heavy atom. The van der Waals surface area contributed by atoms with Gasteiger partial charge in [0.15, 0.2) is 39.3 Å². The van der Waals surface area contributed by atoms with Crippen LogP contribution in [0, 0.1) is 20.8 Å². The highest BCUT2D eigenvalue weighted by Crippen LogP contribution is 2.35. The molecule has 0 unspecified atom stereocenters. The van der Waals surface area contributed by atoms with Gasteiger partial charge in [-0.1, -0.05) is 77.6 Å². The molecule has 7 aromatic heterocycles. The predicted octanol–water partition coefficient (Wildman–Crippen LogP) is 7.10. The Hall–Kier alpha value is -8.81. The third-order valence-electron chi connectivity index (χ3n) is 12.2. The van der Waals surface area contributed by atoms with E-state index in [4.69, 9.17) is 50.9 Å². The first-order chi connectivity index (χ1) is 37.9. The lowest BCUT2D eigenvalue weighted by Gasteiger charge is -2.15. The van der Waals surface area contributed by atoms with Crippen LogP contribution in [0.2, 0.25) is 0 Å². The van der Waals surface area contributed by atoms with Gasteiger partial charge in [0.05, 0.1) is 38.4 Å². The van der Waals surface area contributed by atoms with Crippen LogP contribution in [0.25, 0.3) is 46.3 Å². The number of rotatable bonds is 18. The van der Waals surface area contributed by atoms with E-state index in [-0.39, 0.29) is 99.3 Å². The zero-order valence-corrected chi connectivity index (χ0v) is 43.6. The Morgan fingerprint density at radius 3 is 1.83 bits per heavy atom. The number of fused-ring (bicyclic) bond motifs is 16. The van der Waals surface area contributed by atoms with Crippen molar-refractivity contribution in [3.63, 3.8) is 0 Å². The van der Waals surface area contributed by atoms with Gasteiger partial charge in [0, 0.05) is 39.3 Å². The zero-order valence-electron chi connectivity index (χ0n) is 42.8. The summed E-state index contributed by atoms with van der Waals surface area (Å²) in [7, 11) is 0. The summed E-state index contributed by atoms with van der Waals surface area (Å²) in [6, 6.07) is 17.5. The van der Waals surface area contributed by atoms with E-state index in [2.05, 4.69) is 41.2 Å². The van der Waals surface area contributed by atoms with E-state index in [0.29, 0.717) is 80.9 Å².